The Hall–Kier alpha value is -2.55. The van der Waals surface area contributed by atoms with Gasteiger partial charge in [-0.05, 0) is 63.5 Å². The molecule has 2 aliphatic rings. The smallest absolute Gasteiger partial charge is 0.411 e. The maximum atomic E-state index is 13.1. The van der Waals surface area contributed by atoms with Crippen molar-refractivity contribution in [1.82, 2.24) is 10.2 Å². The highest BCUT2D eigenvalue weighted by Gasteiger charge is 2.52. The Morgan fingerprint density at radius 2 is 1.90 bits per heavy atom. The van der Waals surface area contributed by atoms with Gasteiger partial charge in [-0.2, -0.15) is 5.26 Å². The molecule has 0 aromatic heterocycles. The number of ether oxygens (including phenoxy) is 1. The molecule has 4 atom stereocenters. The molecule has 1 saturated heterocycles. The summed E-state index contributed by atoms with van der Waals surface area (Å²) in [6, 6.07) is 9.15. The molecule has 1 aromatic carbocycles. The fourth-order valence-corrected chi connectivity index (χ4v) is 4.44. The lowest BCUT2D eigenvalue weighted by Gasteiger charge is -2.35. The van der Waals surface area contributed by atoms with Gasteiger partial charge < -0.3 is 10.1 Å². The van der Waals surface area contributed by atoms with Crippen molar-refractivity contribution in [3.8, 4) is 6.07 Å². The molecule has 6 heteroatoms. The summed E-state index contributed by atoms with van der Waals surface area (Å²) in [7, 11) is 0. The molecular formula is C23H31N3O3. The molecule has 0 radical (unpaired) electrons. The molecule has 1 saturated carbocycles. The molecule has 1 N–H and O–H groups in total. The lowest BCUT2D eigenvalue weighted by Crippen LogP contribution is -2.55. The van der Waals surface area contributed by atoms with E-state index in [-0.39, 0.29) is 17.9 Å². The molecule has 0 spiro atoms. The zero-order valence-electron chi connectivity index (χ0n) is 17.8. The average Bonchev–Trinajstić information content (AvgIpc) is 3.28. The number of hydrogen-bond acceptors (Lipinski definition) is 4. The molecule has 156 valence electrons. The van der Waals surface area contributed by atoms with E-state index >= 15 is 0 Å². The second-order valence-electron chi connectivity index (χ2n) is 9.12. The summed E-state index contributed by atoms with van der Waals surface area (Å²) in [6.07, 6.45) is 3.63. The quantitative estimate of drug-likeness (QED) is 0.823. The van der Waals surface area contributed by atoms with Gasteiger partial charge in [0.25, 0.3) is 0 Å². The van der Waals surface area contributed by atoms with Gasteiger partial charge in [0.15, 0.2) is 0 Å². The van der Waals surface area contributed by atoms with Crippen LogP contribution in [0.2, 0.25) is 0 Å². The van der Waals surface area contributed by atoms with Gasteiger partial charge in [0.1, 0.15) is 17.7 Å². The number of nitriles is 1. The van der Waals surface area contributed by atoms with E-state index in [4.69, 9.17) is 4.74 Å². The Morgan fingerprint density at radius 1 is 1.24 bits per heavy atom. The second kappa shape index (κ2) is 8.44. The minimum absolute atomic E-state index is 0.0488. The van der Waals surface area contributed by atoms with E-state index in [0.29, 0.717) is 6.42 Å². The van der Waals surface area contributed by atoms with E-state index in [9.17, 15) is 14.9 Å². The number of carbonyl (C=O) groups excluding carboxylic acids is 2. The fourth-order valence-electron chi connectivity index (χ4n) is 4.44. The van der Waals surface area contributed by atoms with Gasteiger partial charge in [-0.25, -0.2) is 4.79 Å². The first kappa shape index (κ1) is 21.2. The van der Waals surface area contributed by atoms with E-state index in [0.717, 1.165) is 31.2 Å². The number of piperidine rings is 1. The number of likely N-dealkylation sites (tertiary alicyclic amines) is 1. The highest BCUT2D eigenvalue weighted by atomic mass is 16.6. The van der Waals surface area contributed by atoms with Gasteiger partial charge >= 0.3 is 6.09 Å². The minimum atomic E-state index is -0.630. The predicted molar refractivity (Wildman–Crippen MR) is 110 cm³/mol. The number of amides is 2. The minimum Gasteiger partial charge on any atom is -0.444 e. The van der Waals surface area contributed by atoms with Gasteiger partial charge in [0, 0.05) is 12.5 Å². The molecule has 3 rings (SSSR count). The molecule has 2 fully saturated rings. The van der Waals surface area contributed by atoms with Crippen LogP contribution in [0.5, 0.6) is 0 Å². The van der Waals surface area contributed by atoms with E-state index in [1.807, 2.05) is 45.0 Å². The van der Waals surface area contributed by atoms with Gasteiger partial charge in [-0.1, -0.05) is 31.2 Å². The Bertz CT molecular complexity index is 791. The lowest BCUT2D eigenvalue weighted by molar-refractivity contribution is -0.128. The van der Waals surface area contributed by atoms with Crippen molar-refractivity contribution < 1.29 is 14.3 Å². The van der Waals surface area contributed by atoms with E-state index in [1.54, 1.807) is 4.90 Å². The first-order chi connectivity index (χ1) is 13.7. The van der Waals surface area contributed by atoms with E-state index in [2.05, 4.69) is 18.3 Å². The third-order valence-electron chi connectivity index (χ3n) is 5.80. The Balaban J connectivity index is 1.68. The number of nitrogens with one attached hydrogen (secondary N) is 1. The van der Waals surface area contributed by atoms with Crippen LogP contribution < -0.4 is 5.32 Å². The Labute approximate surface area is 173 Å². The van der Waals surface area contributed by atoms with Crippen molar-refractivity contribution in [3.63, 3.8) is 0 Å². The number of nitrogens with zero attached hydrogens (tertiary/aromatic N) is 2. The van der Waals surface area contributed by atoms with Crippen LogP contribution in [0.1, 0.15) is 58.1 Å². The molecule has 2 amide bonds. The van der Waals surface area contributed by atoms with Crippen molar-refractivity contribution in [2.75, 3.05) is 0 Å². The Morgan fingerprint density at radius 3 is 2.48 bits per heavy atom. The van der Waals surface area contributed by atoms with Crippen molar-refractivity contribution in [1.29, 1.82) is 5.26 Å². The van der Waals surface area contributed by atoms with Crippen LogP contribution >= 0.6 is 0 Å². The number of benzene rings is 1. The fraction of sp³-hybridized carbons (Fsp3) is 0.609. The molecule has 1 heterocycles. The standard InChI is InChI=1S/C23H31N3O3/c1-5-15-6-8-16(9-7-15)12-18(14-24)25-21(27)20-17-10-11-19(13-17)26(20)22(28)29-23(2,3)4/h6-9,17-20H,5,10-13H2,1-4H3,(H,25,27)/t17-,18-,19+,20-/m0/s1. The zero-order chi connectivity index (χ0) is 21.2. The maximum Gasteiger partial charge on any atom is 0.411 e. The lowest BCUT2D eigenvalue weighted by atomic mass is 9.97. The summed E-state index contributed by atoms with van der Waals surface area (Å²) in [4.78, 5) is 27.4. The Kier molecular flexibility index (Phi) is 6.16. The molecule has 6 nitrogen and oxygen atoms in total. The largest absolute Gasteiger partial charge is 0.444 e. The molecule has 29 heavy (non-hydrogen) atoms. The first-order valence-electron chi connectivity index (χ1n) is 10.5. The number of fused-ring (bicyclic) bond motifs is 2. The maximum absolute atomic E-state index is 13.1. The monoisotopic (exact) mass is 397 g/mol. The molecular weight excluding hydrogens is 366 g/mol. The van der Waals surface area contributed by atoms with Gasteiger partial charge in [0.05, 0.1) is 6.07 Å². The summed E-state index contributed by atoms with van der Waals surface area (Å²) >= 11 is 0. The third kappa shape index (κ3) is 4.90. The van der Waals surface area contributed by atoms with Crippen LogP contribution in [0.4, 0.5) is 4.79 Å². The number of rotatable bonds is 5. The topological polar surface area (TPSA) is 82.4 Å². The molecule has 0 unspecified atom stereocenters. The summed E-state index contributed by atoms with van der Waals surface area (Å²) in [6.45, 7) is 7.57. The third-order valence-corrected chi connectivity index (χ3v) is 5.80. The molecule has 1 aromatic rings. The average molecular weight is 398 g/mol. The van der Waals surface area contributed by atoms with Crippen LogP contribution in [0.25, 0.3) is 0 Å². The second-order valence-corrected chi connectivity index (χ2v) is 9.12. The van der Waals surface area contributed by atoms with Crippen molar-refractivity contribution in [3.05, 3.63) is 35.4 Å². The number of carbonyl (C=O) groups is 2. The highest BCUT2D eigenvalue weighted by molar-refractivity contribution is 5.87. The van der Waals surface area contributed by atoms with E-state index < -0.39 is 23.8 Å². The SMILES string of the molecule is CCc1ccc(C[C@@H](C#N)NC(=O)[C@@H]2[C@H]3CC[C@H](C3)N2C(=O)OC(C)(C)C)cc1. The summed E-state index contributed by atoms with van der Waals surface area (Å²) in [5.74, 6) is -0.115. The predicted octanol–water partition coefficient (Wildman–Crippen LogP) is 3.59. The van der Waals surface area contributed by atoms with Crippen LogP contribution in [0.3, 0.4) is 0 Å². The summed E-state index contributed by atoms with van der Waals surface area (Å²) < 4.78 is 5.55. The van der Waals surface area contributed by atoms with Crippen LogP contribution in [-0.2, 0) is 22.4 Å². The van der Waals surface area contributed by atoms with Crippen LogP contribution in [0.15, 0.2) is 24.3 Å². The number of hydrogen-bond donors (Lipinski definition) is 1. The normalized spacial score (nSPS) is 24.1. The molecule has 2 bridgehead atoms. The van der Waals surface area contributed by atoms with Crippen LogP contribution in [0, 0.1) is 17.2 Å². The van der Waals surface area contributed by atoms with Gasteiger partial charge in [0.2, 0.25) is 5.91 Å². The first-order valence-corrected chi connectivity index (χ1v) is 10.5. The van der Waals surface area contributed by atoms with Crippen molar-refractivity contribution in [2.24, 2.45) is 5.92 Å². The number of aryl methyl sites for hydroxylation is 1. The van der Waals surface area contributed by atoms with Crippen LogP contribution in [-0.4, -0.2) is 40.6 Å². The summed E-state index contributed by atoms with van der Waals surface area (Å²) in [5.41, 5.74) is 1.63. The van der Waals surface area contributed by atoms with Crippen molar-refractivity contribution >= 4 is 12.0 Å². The van der Waals surface area contributed by atoms with Gasteiger partial charge in [-0.15, -0.1) is 0 Å². The summed E-state index contributed by atoms with van der Waals surface area (Å²) in [5, 5.41) is 12.4. The van der Waals surface area contributed by atoms with Crippen molar-refractivity contribution in [2.45, 2.75) is 83.5 Å². The van der Waals surface area contributed by atoms with Gasteiger partial charge in [-0.3, -0.25) is 9.69 Å². The molecule has 1 aliphatic heterocycles. The highest BCUT2D eigenvalue weighted by Crippen LogP contribution is 2.43. The zero-order valence-corrected chi connectivity index (χ0v) is 17.8. The van der Waals surface area contributed by atoms with E-state index in [1.165, 1.54) is 5.56 Å². The molecule has 1 aliphatic carbocycles.